The number of benzene rings is 1. The third kappa shape index (κ3) is 1.92. The molecule has 3 nitrogen and oxygen atoms in total. The van der Waals surface area contributed by atoms with E-state index >= 15 is 0 Å². The minimum atomic E-state index is -1.29. The van der Waals surface area contributed by atoms with Crippen molar-refractivity contribution < 1.29 is 14.6 Å². The monoisotopic (exact) mass is 199 g/mol. The first-order valence-electron chi connectivity index (χ1n) is 3.61. The Balaban J connectivity index is 3.38. The molecule has 4 heteroatoms. The zero-order valence-electron chi connectivity index (χ0n) is 7.26. The van der Waals surface area contributed by atoms with Gasteiger partial charge in [0.25, 0.3) is 0 Å². The number of halogens is 1. The summed E-state index contributed by atoms with van der Waals surface area (Å²) in [5, 5.41) is 11.0. The zero-order chi connectivity index (χ0) is 10.0. The SMILES string of the molecule is COc1c(C)cc(Cl)cc1C(=O)[O-]. The molecule has 0 heterocycles. The van der Waals surface area contributed by atoms with Gasteiger partial charge in [0.2, 0.25) is 0 Å². The molecule has 0 fully saturated rings. The normalized spacial score (nSPS) is 9.77. The van der Waals surface area contributed by atoms with E-state index in [0.29, 0.717) is 16.3 Å². The zero-order valence-corrected chi connectivity index (χ0v) is 8.01. The third-order valence-electron chi connectivity index (χ3n) is 1.66. The fraction of sp³-hybridized carbons (Fsp3) is 0.222. The fourth-order valence-electron chi connectivity index (χ4n) is 1.15. The van der Waals surface area contributed by atoms with E-state index in [-0.39, 0.29) is 5.56 Å². The molecule has 0 atom stereocenters. The molecule has 0 N–H and O–H groups in total. The van der Waals surface area contributed by atoms with Gasteiger partial charge in [0.05, 0.1) is 13.1 Å². The van der Waals surface area contributed by atoms with Gasteiger partial charge in [-0.2, -0.15) is 0 Å². The predicted molar refractivity (Wildman–Crippen MR) is 47.1 cm³/mol. The van der Waals surface area contributed by atoms with Gasteiger partial charge in [0, 0.05) is 10.6 Å². The highest BCUT2D eigenvalue weighted by Gasteiger charge is 2.08. The van der Waals surface area contributed by atoms with Gasteiger partial charge >= 0.3 is 0 Å². The molecule has 13 heavy (non-hydrogen) atoms. The van der Waals surface area contributed by atoms with E-state index in [2.05, 4.69) is 0 Å². The average molecular weight is 200 g/mol. The molecule has 0 aliphatic heterocycles. The van der Waals surface area contributed by atoms with Crippen LogP contribution in [-0.4, -0.2) is 13.1 Å². The Morgan fingerprint density at radius 1 is 1.54 bits per heavy atom. The number of rotatable bonds is 2. The Labute approximate surface area is 80.9 Å². The lowest BCUT2D eigenvalue weighted by molar-refractivity contribution is -0.255. The van der Waals surface area contributed by atoms with Gasteiger partial charge < -0.3 is 14.6 Å². The lowest BCUT2D eigenvalue weighted by Crippen LogP contribution is -2.23. The summed E-state index contributed by atoms with van der Waals surface area (Å²) in [6.07, 6.45) is 0. The number of hydrogen-bond donors (Lipinski definition) is 0. The van der Waals surface area contributed by atoms with Crippen LogP contribution < -0.4 is 9.84 Å². The topological polar surface area (TPSA) is 49.4 Å². The Morgan fingerprint density at radius 2 is 2.15 bits per heavy atom. The first-order chi connectivity index (χ1) is 6.06. The Kier molecular flexibility index (Phi) is 2.78. The summed E-state index contributed by atoms with van der Waals surface area (Å²) in [5.41, 5.74) is 0.654. The molecule has 0 aliphatic carbocycles. The van der Waals surface area contributed by atoms with Crippen molar-refractivity contribution in [1.82, 2.24) is 0 Å². The standard InChI is InChI=1S/C9H9ClO3/c1-5-3-6(10)4-7(9(11)12)8(5)13-2/h3-4H,1-2H3,(H,11,12)/p-1. The molecule has 1 rings (SSSR count). The second kappa shape index (κ2) is 3.66. The van der Waals surface area contributed by atoms with Crippen molar-refractivity contribution in [2.75, 3.05) is 7.11 Å². The number of methoxy groups -OCH3 is 1. The number of carbonyl (C=O) groups is 1. The first-order valence-corrected chi connectivity index (χ1v) is 3.99. The molecule has 0 spiro atoms. The summed E-state index contributed by atoms with van der Waals surface area (Å²) in [6.45, 7) is 1.72. The van der Waals surface area contributed by atoms with Crippen molar-refractivity contribution >= 4 is 17.6 Å². The van der Waals surface area contributed by atoms with Gasteiger partial charge in [-0.15, -0.1) is 0 Å². The summed E-state index contributed by atoms with van der Waals surface area (Å²) >= 11 is 5.68. The number of ether oxygens (including phenoxy) is 1. The molecular weight excluding hydrogens is 192 g/mol. The van der Waals surface area contributed by atoms with E-state index in [0.717, 1.165) is 0 Å². The second-order valence-electron chi connectivity index (χ2n) is 2.59. The van der Waals surface area contributed by atoms with Gasteiger partial charge in [-0.05, 0) is 24.6 Å². The van der Waals surface area contributed by atoms with Crippen molar-refractivity contribution in [2.24, 2.45) is 0 Å². The molecule has 1 aromatic rings. The predicted octanol–water partition coefficient (Wildman–Crippen LogP) is 1.02. The van der Waals surface area contributed by atoms with Crippen molar-refractivity contribution in [1.29, 1.82) is 0 Å². The molecule has 0 unspecified atom stereocenters. The van der Waals surface area contributed by atoms with E-state index in [1.807, 2.05) is 0 Å². The third-order valence-corrected chi connectivity index (χ3v) is 1.88. The molecule has 1 aromatic carbocycles. The number of aryl methyl sites for hydroxylation is 1. The van der Waals surface area contributed by atoms with Crippen LogP contribution in [0.1, 0.15) is 15.9 Å². The average Bonchev–Trinajstić information content (AvgIpc) is 2.02. The van der Waals surface area contributed by atoms with E-state index < -0.39 is 5.97 Å². The van der Waals surface area contributed by atoms with Crippen LogP contribution in [0.5, 0.6) is 5.75 Å². The van der Waals surface area contributed by atoms with Crippen LogP contribution in [0.4, 0.5) is 0 Å². The van der Waals surface area contributed by atoms with E-state index in [9.17, 15) is 9.90 Å². The number of carbonyl (C=O) groups excluding carboxylic acids is 1. The number of carboxylic acids is 1. The molecular formula is C9H8ClO3-. The van der Waals surface area contributed by atoms with Crippen molar-refractivity contribution in [3.63, 3.8) is 0 Å². The molecule has 0 aromatic heterocycles. The van der Waals surface area contributed by atoms with Crippen LogP contribution >= 0.6 is 11.6 Å². The van der Waals surface area contributed by atoms with Crippen molar-refractivity contribution in [2.45, 2.75) is 6.92 Å². The van der Waals surface area contributed by atoms with Crippen molar-refractivity contribution in [3.05, 3.63) is 28.3 Å². The van der Waals surface area contributed by atoms with Gasteiger partial charge in [-0.3, -0.25) is 0 Å². The maximum Gasteiger partial charge on any atom is 0.130 e. The molecule has 0 bridgehead atoms. The lowest BCUT2D eigenvalue weighted by atomic mass is 10.1. The summed E-state index contributed by atoms with van der Waals surface area (Å²) in [5.74, 6) is -0.994. The van der Waals surface area contributed by atoms with E-state index in [1.54, 1.807) is 13.0 Å². The largest absolute Gasteiger partial charge is 0.545 e. The minimum absolute atomic E-state index is 0.0208. The molecule has 0 aliphatic rings. The Morgan fingerprint density at radius 3 is 2.62 bits per heavy atom. The highest BCUT2D eigenvalue weighted by Crippen LogP contribution is 2.26. The Hall–Kier alpha value is -1.22. The number of carboxylic acid groups (broad SMARTS) is 1. The van der Waals surface area contributed by atoms with Crippen molar-refractivity contribution in [3.8, 4) is 5.75 Å². The maximum absolute atomic E-state index is 10.6. The summed E-state index contributed by atoms with van der Waals surface area (Å²) < 4.78 is 4.91. The van der Waals surface area contributed by atoms with Crippen LogP contribution in [-0.2, 0) is 0 Å². The van der Waals surface area contributed by atoms with Crippen LogP contribution in [0.25, 0.3) is 0 Å². The fourth-order valence-corrected chi connectivity index (χ4v) is 1.43. The van der Waals surface area contributed by atoms with Gasteiger partial charge in [0.15, 0.2) is 0 Å². The molecule has 0 saturated carbocycles. The van der Waals surface area contributed by atoms with Gasteiger partial charge in [0.1, 0.15) is 5.75 Å². The molecule has 0 amide bonds. The quantitative estimate of drug-likeness (QED) is 0.715. The lowest BCUT2D eigenvalue weighted by Gasteiger charge is -2.12. The highest BCUT2D eigenvalue weighted by atomic mass is 35.5. The van der Waals surface area contributed by atoms with E-state index in [4.69, 9.17) is 16.3 Å². The van der Waals surface area contributed by atoms with Crippen LogP contribution in [0.2, 0.25) is 5.02 Å². The smallest absolute Gasteiger partial charge is 0.130 e. The summed E-state index contributed by atoms with van der Waals surface area (Å²) in [4.78, 5) is 10.6. The second-order valence-corrected chi connectivity index (χ2v) is 3.03. The maximum atomic E-state index is 10.6. The number of hydrogen-bond acceptors (Lipinski definition) is 3. The summed E-state index contributed by atoms with van der Waals surface area (Å²) in [7, 11) is 1.41. The van der Waals surface area contributed by atoms with Crippen LogP contribution in [0, 0.1) is 6.92 Å². The number of aromatic carboxylic acids is 1. The Bertz CT molecular complexity index is 347. The molecule has 0 radical (unpaired) electrons. The summed E-state index contributed by atoms with van der Waals surface area (Å²) in [6, 6.07) is 2.94. The molecule has 70 valence electrons. The van der Waals surface area contributed by atoms with Crippen LogP contribution in [0.3, 0.4) is 0 Å². The van der Waals surface area contributed by atoms with Crippen LogP contribution in [0.15, 0.2) is 12.1 Å². The van der Waals surface area contributed by atoms with E-state index in [1.165, 1.54) is 13.2 Å². The first kappa shape index (κ1) is 9.86. The van der Waals surface area contributed by atoms with Gasteiger partial charge in [-0.1, -0.05) is 11.6 Å². The molecule has 0 saturated heterocycles. The highest BCUT2D eigenvalue weighted by molar-refractivity contribution is 6.31. The minimum Gasteiger partial charge on any atom is -0.545 e. The van der Waals surface area contributed by atoms with Gasteiger partial charge in [-0.25, -0.2) is 0 Å².